The second-order valence-corrected chi connectivity index (χ2v) is 18.4. The number of hydrogen-bond donors (Lipinski definition) is 0. The maximum Gasteiger partial charge on any atom is 0.309 e. The highest BCUT2D eigenvalue weighted by atomic mass is 31.2. The minimum Gasteiger partial charge on any atom is -0.469 e. The Labute approximate surface area is 268 Å². The van der Waals surface area contributed by atoms with Crippen molar-refractivity contribution < 1.29 is 9.53 Å². The number of esters is 1. The fourth-order valence-electron chi connectivity index (χ4n) is 6.80. The summed E-state index contributed by atoms with van der Waals surface area (Å²) in [6, 6.07) is 65.6. The molecule has 0 heterocycles. The van der Waals surface area contributed by atoms with E-state index in [2.05, 4.69) is 182 Å². The Morgan fingerprint density at radius 3 is 1.00 bits per heavy atom. The zero-order chi connectivity index (χ0) is 31.0. The predicted molar refractivity (Wildman–Crippen MR) is 196 cm³/mol. The van der Waals surface area contributed by atoms with Crippen LogP contribution >= 0.6 is 14.5 Å². The molecule has 45 heavy (non-hydrogen) atoms. The molecule has 6 aromatic rings. The van der Waals surface area contributed by atoms with Crippen molar-refractivity contribution in [3.05, 3.63) is 182 Å². The van der Waals surface area contributed by atoms with Gasteiger partial charge in [0.25, 0.3) is 0 Å². The van der Waals surface area contributed by atoms with E-state index in [1.165, 1.54) is 38.9 Å². The maximum absolute atomic E-state index is 13.7. The van der Waals surface area contributed by atoms with Crippen LogP contribution in [0.4, 0.5) is 0 Å². The maximum atomic E-state index is 13.7. The first-order chi connectivity index (χ1) is 22.2. The standard InChI is InChI=1S/C41H38O2P2/c1-43-41(42)32-40(45(37-26-14-5-15-27-37,38-28-16-6-17-29-38)39-30-18-7-19-31-39)33-44(34-20-8-2-9-21-34,35-22-10-3-11-23-35)36-24-12-4-13-25-36/h2-31,40H,32-33H2,1H3/q+2. The van der Waals surface area contributed by atoms with Crippen LogP contribution < -0.4 is 31.8 Å². The molecule has 6 aromatic carbocycles. The molecule has 0 aliphatic rings. The lowest BCUT2D eigenvalue weighted by atomic mass is 10.3. The molecule has 0 fully saturated rings. The molecule has 0 spiro atoms. The molecule has 0 N–H and O–H groups in total. The van der Waals surface area contributed by atoms with E-state index in [9.17, 15) is 4.79 Å². The van der Waals surface area contributed by atoms with Gasteiger partial charge in [0, 0.05) is 0 Å². The summed E-state index contributed by atoms with van der Waals surface area (Å²) in [4.78, 5) is 13.7. The molecule has 0 aliphatic carbocycles. The number of carbonyl (C=O) groups is 1. The van der Waals surface area contributed by atoms with Crippen molar-refractivity contribution in [2.24, 2.45) is 0 Å². The van der Waals surface area contributed by atoms with Crippen LogP contribution in [0, 0.1) is 0 Å². The SMILES string of the molecule is COC(=O)CC(C[P+](c1ccccc1)(c1ccccc1)c1ccccc1)[P+](c1ccccc1)(c1ccccc1)c1ccccc1. The molecule has 222 valence electrons. The van der Waals surface area contributed by atoms with E-state index in [4.69, 9.17) is 4.74 Å². The minimum absolute atomic E-state index is 0.0638. The van der Waals surface area contributed by atoms with Crippen LogP contribution in [-0.2, 0) is 9.53 Å². The average molecular weight is 625 g/mol. The zero-order valence-corrected chi connectivity index (χ0v) is 27.3. The molecule has 6 rings (SSSR count). The summed E-state index contributed by atoms with van der Waals surface area (Å²) in [6.07, 6.45) is 1.10. The number of ether oxygens (including phenoxy) is 1. The van der Waals surface area contributed by atoms with Gasteiger partial charge in [-0.15, -0.1) is 0 Å². The van der Waals surface area contributed by atoms with Gasteiger partial charge >= 0.3 is 5.97 Å². The Bertz CT molecular complexity index is 1590. The van der Waals surface area contributed by atoms with Gasteiger partial charge in [0.1, 0.15) is 58.2 Å². The summed E-state index contributed by atoms with van der Waals surface area (Å²) in [5.74, 6) is -0.181. The largest absolute Gasteiger partial charge is 0.469 e. The molecule has 1 unspecified atom stereocenters. The first-order valence-corrected chi connectivity index (χ1v) is 19.2. The van der Waals surface area contributed by atoms with Gasteiger partial charge in [0.2, 0.25) is 0 Å². The van der Waals surface area contributed by atoms with Gasteiger partial charge in [-0.3, -0.25) is 4.79 Å². The summed E-state index contributed by atoms with van der Waals surface area (Å²) >= 11 is 0. The van der Waals surface area contributed by atoms with Crippen LogP contribution in [0.5, 0.6) is 0 Å². The second kappa shape index (κ2) is 14.2. The topological polar surface area (TPSA) is 26.3 Å². The lowest BCUT2D eigenvalue weighted by Gasteiger charge is -2.37. The van der Waals surface area contributed by atoms with Gasteiger partial charge < -0.3 is 4.74 Å². The fraction of sp³-hybridized carbons (Fsp3) is 0.0976. The number of methoxy groups -OCH3 is 1. The fourth-order valence-corrected chi connectivity index (χ4v) is 17.4. The Morgan fingerprint density at radius 1 is 0.467 bits per heavy atom. The number of carbonyl (C=O) groups excluding carboxylic acids is 1. The Morgan fingerprint density at radius 2 is 0.733 bits per heavy atom. The lowest BCUT2D eigenvalue weighted by Crippen LogP contribution is -2.45. The quantitative estimate of drug-likeness (QED) is 0.116. The van der Waals surface area contributed by atoms with Gasteiger partial charge in [-0.2, -0.15) is 0 Å². The van der Waals surface area contributed by atoms with Gasteiger partial charge in [-0.25, -0.2) is 0 Å². The third kappa shape index (κ3) is 6.02. The minimum atomic E-state index is -2.46. The van der Waals surface area contributed by atoms with Crippen LogP contribution in [0.1, 0.15) is 6.42 Å². The van der Waals surface area contributed by atoms with E-state index >= 15 is 0 Å². The van der Waals surface area contributed by atoms with E-state index in [1.807, 2.05) is 0 Å². The first kappa shape index (κ1) is 30.7. The van der Waals surface area contributed by atoms with Crippen LogP contribution in [0.2, 0.25) is 0 Å². The van der Waals surface area contributed by atoms with Crippen molar-refractivity contribution in [3.8, 4) is 0 Å². The van der Waals surface area contributed by atoms with Gasteiger partial charge in [0.15, 0.2) is 0 Å². The van der Waals surface area contributed by atoms with Gasteiger partial charge in [-0.1, -0.05) is 109 Å². The number of hydrogen-bond acceptors (Lipinski definition) is 2. The Hall–Kier alpha value is -4.35. The molecular weight excluding hydrogens is 586 g/mol. The van der Waals surface area contributed by atoms with Crippen molar-refractivity contribution in [1.29, 1.82) is 0 Å². The molecule has 0 aliphatic heterocycles. The molecule has 4 heteroatoms. The van der Waals surface area contributed by atoms with E-state index in [0.717, 1.165) is 6.16 Å². The number of benzene rings is 6. The first-order valence-electron chi connectivity index (χ1n) is 15.4. The zero-order valence-electron chi connectivity index (χ0n) is 25.5. The highest BCUT2D eigenvalue weighted by molar-refractivity contribution is 7.99. The van der Waals surface area contributed by atoms with E-state index in [0.29, 0.717) is 6.42 Å². The predicted octanol–water partition coefficient (Wildman–Crippen LogP) is 6.91. The molecule has 0 amide bonds. The molecule has 0 bridgehead atoms. The highest BCUT2D eigenvalue weighted by Gasteiger charge is 2.59. The average Bonchev–Trinajstić information content (AvgIpc) is 3.13. The molecule has 0 saturated carbocycles. The molecule has 0 aromatic heterocycles. The van der Waals surface area contributed by atoms with E-state index in [1.54, 1.807) is 0 Å². The molecular formula is C41H38O2P2+2. The van der Waals surface area contributed by atoms with E-state index < -0.39 is 14.5 Å². The van der Waals surface area contributed by atoms with Crippen molar-refractivity contribution in [2.45, 2.75) is 12.1 Å². The molecule has 0 saturated heterocycles. The van der Waals surface area contributed by atoms with Crippen molar-refractivity contribution in [2.75, 3.05) is 13.3 Å². The number of rotatable bonds is 11. The third-order valence-electron chi connectivity index (χ3n) is 8.74. The third-order valence-corrected chi connectivity index (χ3v) is 18.4. The van der Waals surface area contributed by atoms with Crippen LogP contribution in [0.15, 0.2) is 182 Å². The molecule has 1 atom stereocenters. The molecule has 0 radical (unpaired) electrons. The highest BCUT2D eigenvalue weighted by Crippen LogP contribution is 2.67. The van der Waals surface area contributed by atoms with Crippen LogP contribution in [0.25, 0.3) is 0 Å². The van der Waals surface area contributed by atoms with E-state index in [-0.39, 0.29) is 11.6 Å². The summed E-state index contributed by atoms with van der Waals surface area (Å²) < 4.78 is 5.51. The summed E-state index contributed by atoms with van der Waals surface area (Å²) in [5.41, 5.74) is -0.0638. The summed E-state index contributed by atoms with van der Waals surface area (Å²) in [5, 5.41) is 7.73. The lowest BCUT2D eigenvalue weighted by molar-refractivity contribution is -0.140. The smallest absolute Gasteiger partial charge is 0.309 e. The normalized spacial score (nSPS) is 12.3. The Balaban J connectivity index is 1.73. The van der Waals surface area contributed by atoms with Gasteiger partial charge in [0.05, 0.1) is 13.5 Å². The second-order valence-electron chi connectivity index (χ2n) is 11.2. The van der Waals surface area contributed by atoms with Crippen LogP contribution in [-0.4, -0.2) is 24.9 Å². The monoisotopic (exact) mass is 624 g/mol. The van der Waals surface area contributed by atoms with Crippen molar-refractivity contribution in [1.82, 2.24) is 0 Å². The Kier molecular flexibility index (Phi) is 9.66. The summed E-state index contributed by atoms with van der Waals surface area (Å²) in [6.45, 7) is 0. The summed E-state index contributed by atoms with van der Waals surface area (Å²) in [7, 11) is -3.26. The van der Waals surface area contributed by atoms with Gasteiger partial charge in [-0.05, 0) is 72.8 Å². The van der Waals surface area contributed by atoms with Crippen molar-refractivity contribution >= 4 is 52.3 Å². The van der Waals surface area contributed by atoms with Crippen molar-refractivity contribution in [3.63, 3.8) is 0 Å². The van der Waals surface area contributed by atoms with Crippen LogP contribution in [0.3, 0.4) is 0 Å². The molecule has 2 nitrogen and oxygen atoms in total.